The SMILES string of the molecule is COC(=O)c1cc(C)cc(Br)c1NCCOc1ccc(Cl)cc1. The molecule has 0 aromatic heterocycles. The van der Waals surface area contributed by atoms with E-state index in [0.717, 1.165) is 15.8 Å². The first-order valence-corrected chi connectivity index (χ1v) is 8.19. The van der Waals surface area contributed by atoms with E-state index in [1.165, 1.54) is 7.11 Å². The van der Waals surface area contributed by atoms with Gasteiger partial charge in [-0.15, -0.1) is 0 Å². The van der Waals surface area contributed by atoms with Crippen molar-refractivity contribution in [1.29, 1.82) is 0 Å². The molecule has 1 N–H and O–H groups in total. The van der Waals surface area contributed by atoms with Gasteiger partial charge in [0.2, 0.25) is 0 Å². The van der Waals surface area contributed by atoms with E-state index in [-0.39, 0.29) is 5.97 Å². The van der Waals surface area contributed by atoms with E-state index >= 15 is 0 Å². The molecule has 122 valence electrons. The lowest BCUT2D eigenvalue weighted by Gasteiger charge is -2.14. The van der Waals surface area contributed by atoms with Crippen molar-refractivity contribution >= 4 is 39.2 Å². The molecule has 0 aliphatic heterocycles. The zero-order valence-electron chi connectivity index (χ0n) is 12.9. The Hall–Kier alpha value is -1.72. The summed E-state index contributed by atoms with van der Waals surface area (Å²) in [6.45, 7) is 2.90. The molecule has 2 rings (SSSR count). The quantitative estimate of drug-likeness (QED) is 0.566. The summed E-state index contributed by atoms with van der Waals surface area (Å²) in [7, 11) is 1.37. The van der Waals surface area contributed by atoms with Gasteiger partial charge in [-0.25, -0.2) is 4.79 Å². The molecule has 4 nitrogen and oxygen atoms in total. The van der Waals surface area contributed by atoms with Crippen molar-refractivity contribution in [2.45, 2.75) is 6.92 Å². The minimum Gasteiger partial charge on any atom is -0.492 e. The van der Waals surface area contributed by atoms with Crippen molar-refractivity contribution in [3.63, 3.8) is 0 Å². The van der Waals surface area contributed by atoms with Gasteiger partial charge in [-0.2, -0.15) is 0 Å². The molecule has 0 aliphatic carbocycles. The van der Waals surface area contributed by atoms with Gasteiger partial charge in [0.05, 0.1) is 18.4 Å². The molecule has 0 radical (unpaired) electrons. The lowest BCUT2D eigenvalue weighted by atomic mass is 10.1. The molecular weight excluding hydrogens is 382 g/mol. The van der Waals surface area contributed by atoms with Crippen molar-refractivity contribution in [1.82, 2.24) is 0 Å². The molecular formula is C17H17BrClNO3. The average Bonchev–Trinajstić information content (AvgIpc) is 2.53. The van der Waals surface area contributed by atoms with Crippen molar-refractivity contribution in [2.24, 2.45) is 0 Å². The molecule has 2 aromatic rings. The number of nitrogens with one attached hydrogen (secondary N) is 1. The Morgan fingerprint density at radius 3 is 2.61 bits per heavy atom. The third-order valence-corrected chi connectivity index (χ3v) is 4.00. The predicted octanol–water partition coefficient (Wildman–Crippen LogP) is 4.69. The van der Waals surface area contributed by atoms with E-state index in [4.69, 9.17) is 21.1 Å². The second-order valence-corrected chi connectivity index (χ2v) is 6.18. The molecule has 2 aromatic carbocycles. The van der Waals surface area contributed by atoms with Crippen molar-refractivity contribution in [3.05, 3.63) is 57.0 Å². The van der Waals surface area contributed by atoms with Gasteiger partial charge in [-0.3, -0.25) is 0 Å². The predicted molar refractivity (Wildman–Crippen MR) is 95.7 cm³/mol. The number of methoxy groups -OCH3 is 1. The van der Waals surface area contributed by atoms with Crippen LogP contribution >= 0.6 is 27.5 Å². The van der Waals surface area contributed by atoms with Crippen LogP contribution in [0.5, 0.6) is 5.75 Å². The van der Waals surface area contributed by atoms with Crippen LogP contribution in [-0.4, -0.2) is 26.2 Å². The first-order valence-electron chi connectivity index (χ1n) is 7.02. The largest absolute Gasteiger partial charge is 0.492 e. The number of esters is 1. The average molecular weight is 399 g/mol. The first-order chi connectivity index (χ1) is 11.0. The van der Waals surface area contributed by atoms with Crippen LogP contribution in [0.4, 0.5) is 5.69 Å². The van der Waals surface area contributed by atoms with Gasteiger partial charge in [0.15, 0.2) is 0 Å². The number of benzene rings is 2. The fourth-order valence-electron chi connectivity index (χ4n) is 2.07. The maximum Gasteiger partial charge on any atom is 0.340 e. The number of carbonyl (C=O) groups is 1. The standard InChI is InChI=1S/C17H17BrClNO3/c1-11-9-14(17(21)22-2)16(15(18)10-11)20-7-8-23-13-5-3-12(19)4-6-13/h3-6,9-10,20H,7-8H2,1-2H3. The van der Waals surface area contributed by atoms with Gasteiger partial charge in [0.1, 0.15) is 12.4 Å². The van der Waals surface area contributed by atoms with Crippen LogP contribution in [0.25, 0.3) is 0 Å². The van der Waals surface area contributed by atoms with Gasteiger partial charge >= 0.3 is 5.97 Å². The van der Waals surface area contributed by atoms with Crippen LogP contribution in [0.2, 0.25) is 5.02 Å². The number of rotatable bonds is 6. The number of anilines is 1. The molecule has 0 aliphatic rings. The smallest absolute Gasteiger partial charge is 0.340 e. The number of ether oxygens (including phenoxy) is 2. The third-order valence-electron chi connectivity index (χ3n) is 3.13. The van der Waals surface area contributed by atoms with Gasteiger partial charge < -0.3 is 14.8 Å². The maximum absolute atomic E-state index is 11.9. The number of halogens is 2. The molecule has 0 amide bonds. The van der Waals surface area contributed by atoms with Gasteiger partial charge in [0, 0.05) is 16.0 Å². The Labute approximate surface area is 148 Å². The van der Waals surface area contributed by atoms with E-state index in [2.05, 4.69) is 21.2 Å². The fourth-order valence-corrected chi connectivity index (χ4v) is 2.91. The van der Waals surface area contributed by atoms with Gasteiger partial charge in [-0.1, -0.05) is 11.6 Å². The van der Waals surface area contributed by atoms with Gasteiger partial charge in [-0.05, 0) is 64.8 Å². The molecule has 0 saturated heterocycles. The molecule has 0 spiro atoms. The first kappa shape index (κ1) is 17.6. The van der Waals surface area contributed by atoms with Crippen LogP contribution in [0.15, 0.2) is 40.9 Å². The highest BCUT2D eigenvalue weighted by Gasteiger charge is 2.15. The summed E-state index contributed by atoms with van der Waals surface area (Å²) in [5.74, 6) is 0.364. The molecule has 0 fully saturated rings. The maximum atomic E-state index is 11.9. The van der Waals surface area contributed by atoms with Crippen molar-refractivity contribution in [3.8, 4) is 5.75 Å². The summed E-state index contributed by atoms with van der Waals surface area (Å²) < 4.78 is 11.3. The highest BCUT2D eigenvalue weighted by Crippen LogP contribution is 2.29. The van der Waals surface area contributed by atoms with E-state index in [1.807, 2.05) is 25.1 Å². The molecule has 0 atom stereocenters. The van der Waals surface area contributed by atoms with E-state index in [0.29, 0.717) is 29.4 Å². The number of aryl methyl sites for hydroxylation is 1. The van der Waals surface area contributed by atoms with Crippen molar-refractivity contribution in [2.75, 3.05) is 25.6 Å². The lowest BCUT2D eigenvalue weighted by Crippen LogP contribution is -2.15. The lowest BCUT2D eigenvalue weighted by molar-refractivity contribution is 0.0601. The number of carbonyl (C=O) groups excluding carboxylic acids is 1. The Kier molecular flexibility index (Phi) is 6.30. The van der Waals surface area contributed by atoms with Crippen LogP contribution in [-0.2, 0) is 4.74 Å². The van der Waals surface area contributed by atoms with Crippen LogP contribution in [0, 0.1) is 6.92 Å². The second kappa shape index (κ2) is 8.22. The Balaban J connectivity index is 1.99. The minimum absolute atomic E-state index is 0.379. The van der Waals surface area contributed by atoms with E-state index in [9.17, 15) is 4.79 Å². The Bertz CT molecular complexity index is 689. The molecule has 0 heterocycles. The Morgan fingerprint density at radius 2 is 1.96 bits per heavy atom. The Morgan fingerprint density at radius 1 is 1.26 bits per heavy atom. The van der Waals surface area contributed by atoms with Crippen LogP contribution in [0.3, 0.4) is 0 Å². The van der Waals surface area contributed by atoms with Crippen LogP contribution < -0.4 is 10.1 Å². The highest BCUT2D eigenvalue weighted by atomic mass is 79.9. The number of hydrogen-bond donors (Lipinski definition) is 1. The summed E-state index contributed by atoms with van der Waals surface area (Å²) >= 11 is 9.30. The van der Waals surface area contributed by atoms with Crippen LogP contribution in [0.1, 0.15) is 15.9 Å². The normalized spacial score (nSPS) is 10.3. The zero-order valence-corrected chi connectivity index (χ0v) is 15.2. The monoisotopic (exact) mass is 397 g/mol. The highest BCUT2D eigenvalue weighted by molar-refractivity contribution is 9.10. The van der Waals surface area contributed by atoms with Crippen molar-refractivity contribution < 1.29 is 14.3 Å². The fraction of sp³-hybridized carbons (Fsp3) is 0.235. The topological polar surface area (TPSA) is 47.6 Å². The van der Waals surface area contributed by atoms with E-state index < -0.39 is 0 Å². The number of hydrogen-bond acceptors (Lipinski definition) is 4. The molecule has 0 saturated carbocycles. The summed E-state index contributed by atoms with van der Waals surface area (Å²) in [4.78, 5) is 11.9. The summed E-state index contributed by atoms with van der Waals surface area (Å²) in [6, 6.07) is 10.9. The summed E-state index contributed by atoms with van der Waals surface area (Å²) in [5.41, 5.74) is 2.16. The molecule has 6 heteroatoms. The second-order valence-electron chi connectivity index (χ2n) is 4.89. The summed E-state index contributed by atoms with van der Waals surface area (Å²) in [6.07, 6.45) is 0. The zero-order chi connectivity index (χ0) is 16.8. The molecule has 0 bridgehead atoms. The summed E-state index contributed by atoms with van der Waals surface area (Å²) in [5, 5.41) is 3.88. The minimum atomic E-state index is -0.379. The third kappa shape index (κ3) is 4.88. The van der Waals surface area contributed by atoms with E-state index in [1.54, 1.807) is 18.2 Å². The molecule has 0 unspecified atom stereocenters. The molecule has 23 heavy (non-hydrogen) atoms. The van der Waals surface area contributed by atoms with Gasteiger partial charge in [0.25, 0.3) is 0 Å².